The standard InChI is InChI=1S/C20H29N7OS/c1-14(2)7-10-26-18(15(3)4)17(12-23-26)24-19(28)25(5)13-16-11-21-20(29-16)27-9-6-8-22-27/h6,8-9,11-12,14-15H,7,10,13H2,1-5H3,(H,24,28). The van der Waals surface area contributed by atoms with E-state index in [0.717, 1.165) is 34.4 Å². The van der Waals surface area contributed by atoms with Crippen LogP contribution in [0.2, 0.25) is 0 Å². The molecule has 0 aliphatic carbocycles. The van der Waals surface area contributed by atoms with Gasteiger partial charge in [0.15, 0.2) is 0 Å². The highest BCUT2D eigenvalue weighted by Crippen LogP contribution is 2.25. The summed E-state index contributed by atoms with van der Waals surface area (Å²) < 4.78 is 3.73. The number of hydrogen-bond acceptors (Lipinski definition) is 5. The van der Waals surface area contributed by atoms with Gasteiger partial charge in [-0.05, 0) is 24.3 Å². The Kier molecular flexibility index (Phi) is 6.68. The molecule has 2 amide bonds. The van der Waals surface area contributed by atoms with Crippen LogP contribution in [0.25, 0.3) is 5.13 Å². The number of thiazole rings is 1. The lowest BCUT2D eigenvalue weighted by atomic mass is 10.1. The average molecular weight is 416 g/mol. The van der Waals surface area contributed by atoms with E-state index in [2.05, 4.69) is 48.2 Å². The Morgan fingerprint density at radius 2 is 2.03 bits per heavy atom. The van der Waals surface area contributed by atoms with Crippen LogP contribution >= 0.6 is 11.3 Å². The molecule has 8 nitrogen and oxygen atoms in total. The van der Waals surface area contributed by atoms with E-state index in [9.17, 15) is 4.79 Å². The molecule has 0 saturated heterocycles. The van der Waals surface area contributed by atoms with E-state index in [1.54, 1.807) is 35.2 Å². The molecule has 0 atom stereocenters. The van der Waals surface area contributed by atoms with Gasteiger partial charge in [-0.25, -0.2) is 14.5 Å². The first-order valence-electron chi connectivity index (χ1n) is 9.87. The number of carbonyl (C=O) groups is 1. The van der Waals surface area contributed by atoms with E-state index in [1.807, 2.05) is 16.9 Å². The Morgan fingerprint density at radius 3 is 2.69 bits per heavy atom. The molecule has 156 valence electrons. The lowest BCUT2D eigenvalue weighted by Crippen LogP contribution is -2.31. The third-order valence-corrected chi connectivity index (χ3v) is 5.54. The van der Waals surface area contributed by atoms with Gasteiger partial charge >= 0.3 is 6.03 Å². The Balaban J connectivity index is 1.65. The van der Waals surface area contributed by atoms with Gasteiger partial charge in [-0.3, -0.25) is 4.68 Å². The summed E-state index contributed by atoms with van der Waals surface area (Å²) in [5.41, 5.74) is 1.84. The number of amides is 2. The summed E-state index contributed by atoms with van der Waals surface area (Å²) in [6.07, 6.45) is 8.16. The first-order chi connectivity index (χ1) is 13.8. The highest BCUT2D eigenvalue weighted by Gasteiger charge is 2.19. The zero-order valence-electron chi connectivity index (χ0n) is 17.7. The van der Waals surface area contributed by atoms with Crippen molar-refractivity contribution in [2.24, 2.45) is 5.92 Å². The Bertz CT molecular complexity index is 927. The summed E-state index contributed by atoms with van der Waals surface area (Å²) in [5.74, 6) is 0.873. The van der Waals surface area contributed by atoms with Crippen LogP contribution in [0.1, 0.15) is 50.6 Å². The maximum atomic E-state index is 12.7. The van der Waals surface area contributed by atoms with Gasteiger partial charge in [0.2, 0.25) is 5.13 Å². The number of rotatable bonds is 8. The molecule has 3 aromatic rings. The minimum Gasteiger partial charge on any atom is -0.322 e. The molecule has 0 fully saturated rings. The molecule has 0 bridgehead atoms. The molecule has 3 aromatic heterocycles. The van der Waals surface area contributed by atoms with E-state index < -0.39 is 0 Å². The monoisotopic (exact) mass is 415 g/mol. The zero-order valence-corrected chi connectivity index (χ0v) is 18.5. The van der Waals surface area contributed by atoms with Crippen molar-refractivity contribution >= 4 is 23.1 Å². The first-order valence-corrected chi connectivity index (χ1v) is 10.7. The summed E-state index contributed by atoms with van der Waals surface area (Å²) in [4.78, 5) is 19.8. The maximum absolute atomic E-state index is 12.7. The predicted molar refractivity (Wildman–Crippen MR) is 115 cm³/mol. The van der Waals surface area contributed by atoms with E-state index in [-0.39, 0.29) is 11.9 Å². The number of nitrogens with one attached hydrogen (secondary N) is 1. The molecule has 0 aliphatic heterocycles. The van der Waals surface area contributed by atoms with Crippen molar-refractivity contribution in [3.05, 3.63) is 41.4 Å². The largest absolute Gasteiger partial charge is 0.322 e. The zero-order chi connectivity index (χ0) is 21.0. The highest BCUT2D eigenvalue weighted by atomic mass is 32.1. The van der Waals surface area contributed by atoms with E-state index in [1.165, 1.54) is 11.3 Å². The first kappa shape index (κ1) is 21.0. The molecule has 0 unspecified atom stereocenters. The van der Waals surface area contributed by atoms with Gasteiger partial charge in [0, 0.05) is 37.1 Å². The van der Waals surface area contributed by atoms with Crippen molar-refractivity contribution in [1.82, 2.24) is 29.4 Å². The lowest BCUT2D eigenvalue weighted by Gasteiger charge is -2.18. The van der Waals surface area contributed by atoms with E-state index in [0.29, 0.717) is 12.5 Å². The number of aromatic nitrogens is 5. The molecule has 0 aliphatic rings. The van der Waals surface area contributed by atoms with Crippen LogP contribution in [0.5, 0.6) is 0 Å². The van der Waals surface area contributed by atoms with Gasteiger partial charge in [-0.2, -0.15) is 10.2 Å². The van der Waals surface area contributed by atoms with Gasteiger partial charge in [-0.1, -0.05) is 39.0 Å². The van der Waals surface area contributed by atoms with Gasteiger partial charge in [0.25, 0.3) is 0 Å². The number of aryl methyl sites for hydroxylation is 1. The normalized spacial score (nSPS) is 11.4. The topological polar surface area (TPSA) is 80.9 Å². The van der Waals surface area contributed by atoms with Gasteiger partial charge in [0.1, 0.15) is 0 Å². The van der Waals surface area contributed by atoms with Gasteiger partial charge in [0.05, 0.1) is 24.1 Å². The summed E-state index contributed by atoms with van der Waals surface area (Å²) in [6, 6.07) is 1.69. The molecule has 29 heavy (non-hydrogen) atoms. The predicted octanol–water partition coefficient (Wildman–Crippen LogP) is 4.36. The molecule has 0 saturated carbocycles. The highest BCUT2D eigenvalue weighted by molar-refractivity contribution is 7.14. The molecule has 0 spiro atoms. The smallest absolute Gasteiger partial charge is 0.322 e. The van der Waals surface area contributed by atoms with Crippen LogP contribution in [0.3, 0.4) is 0 Å². The summed E-state index contributed by atoms with van der Waals surface area (Å²) in [6.45, 7) is 9.98. The van der Waals surface area contributed by atoms with Gasteiger partial charge in [-0.15, -0.1) is 0 Å². The second kappa shape index (κ2) is 9.21. The fourth-order valence-electron chi connectivity index (χ4n) is 3.03. The van der Waals surface area contributed by atoms with Crippen LogP contribution in [0, 0.1) is 5.92 Å². The average Bonchev–Trinajstić information content (AvgIpc) is 3.40. The van der Waals surface area contributed by atoms with Crippen LogP contribution in [0.15, 0.2) is 30.9 Å². The van der Waals surface area contributed by atoms with Crippen molar-refractivity contribution < 1.29 is 4.79 Å². The van der Waals surface area contributed by atoms with Crippen molar-refractivity contribution in [2.75, 3.05) is 12.4 Å². The third kappa shape index (κ3) is 5.23. The summed E-state index contributed by atoms with van der Waals surface area (Å²) in [5, 5.41) is 12.5. The quantitative estimate of drug-likeness (QED) is 0.593. The number of carbonyl (C=O) groups excluding carboxylic acids is 1. The Morgan fingerprint density at radius 1 is 1.24 bits per heavy atom. The lowest BCUT2D eigenvalue weighted by molar-refractivity contribution is 0.221. The minimum atomic E-state index is -0.163. The molecule has 0 aromatic carbocycles. The summed E-state index contributed by atoms with van der Waals surface area (Å²) >= 11 is 1.52. The molecule has 3 rings (SSSR count). The molecule has 3 heterocycles. The molecule has 9 heteroatoms. The number of nitrogens with zero attached hydrogens (tertiary/aromatic N) is 6. The van der Waals surface area contributed by atoms with Crippen molar-refractivity contribution in [1.29, 1.82) is 0 Å². The van der Waals surface area contributed by atoms with Crippen LogP contribution < -0.4 is 5.32 Å². The van der Waals surface area contributed by atoms with Gasteiger partial charge < -0.3 is 10.2 Å². The van der Waals surface area contributed by atoms with Crippen molar-refractivity contribution in [2.45, 2.75) is 53.1 Å². The second-order valence-electron chi connectivity index (χ2n) is 7.85. The number of anilines is 1. The SMILES string of the molecule is CC(C)CCn1ncc(NC(=O)N(C)Cc2cnc(-n3cccn3)s2)c1C(C)C. The molecule has 0 radical (unpaired) electrons. The minimum absolute atomic E-state index is 0.163. The molecular formula is C20H29N7OS. The van der Waals surface area contributed by atoms with Crippen LogP contribution in [-0.2, 0) is 13.1 Å². The number of urea groups is 1. The fraction of sp³-hybridized carbons (Fsp3) is 0.500. The fourth-order valence-corrected chi connectivity index (χ4v) is 3.94. The van der Waals surface area contributed by atoms with Crippen molar-refractivity contribution in [3.8, 4) is 5.13 Å². The van der Waals surface area contributed by atoms with Crippen LogP contribution in [0.4, 0.5) is 10.5 Å². The van der Waals surface area contributed by atoms with Crippen LogP contribution in [-0.4, -0.2) is 42.5 Å². The second-order valence-corrected chi connectivity index (χ2v) is 8.94. The maximum Gasteiger partial charge on any atom is 0.322 e. The summed E-state index contributed by atoms with van der Waals surface area (Å²) in [7, 11) is 1.78. The molecule has 1 N–H and O–H groups in total. The third-order valence-electron chi connectivity index (χ3n) is 4.57. The Labute approximate surface area is 175 Å². The van der Waals surface area contributed by atoms with Crippen molar-refractivity contribution in [3.63, 3.8) is 0 Å². The van der Waals surface area contributed by atoms with E-state index >= 15 is 0 Å². The number of hydrogen-bond donors (Lipinski definition) is 1. The molecular weight excluding hydrogens is 386 g/mol. The van der Waals surface area contributed by atoms with E-state index in [4.69, 9.17) is 0 Å². The Hall–Kier alpha value is -2.68.